The van der Waals surface area contributed by atoms with E-state index in [0.717, 1.165) is 0 Å². The second-order valence-electron chi connectivity index (χ2n) is 3.03. The summed E-state index contributed by atoms with van der Waals surface area (Å²) in [6.07, 6.45) is 0. The van der Waals surface area contributed by atoms with Crippen molar-refractivity contribution in [3.8, 4) is 6.07 Å². The lowest BCUT2D eigenvalue weighted by Crippen LogP contribution is -2.19. The summed E-state index contributed by atoms with van der Waals surface area (Å²) in [5, 5.41) is 25.9. The fraction of sp³-hybridized carbons (Fsp3) is 0.200. The molecule has 0 unspecified atom stereocenters. The van der Waals surface area contributed by atoms with Crippen molar-refractivity contribution in [1.29, 1.82) is 5.26 Å². The molecule has 0 bridgehead atoms. The SMILES string of the molecule is CN(CC(=O)O)N=Nc1ccccc1C#N. The zero-order valence-electron chi connectivity index (χ0n) is 8.66. The zero-order valence-corrected chi connectivity index (χ0v) is 8.66. The minimum Gasteiger partial charge on any atom is -0.480 e. The van der Waals surface area contributed by atoms with E-state index in [2.05, 4.69) is 10.3 Å². The molecule has 0 aliphatic rings. The van der Waals surface area contributed by atoms with Gasteiger partial charge in [0.25, 0.3) is 0 Å². The molecule has 0 heterocycles. The third kappa shape index (κ3) is 3.38. The van der Waals surface area contributed by atoms with Gasteiger partial charge in [-0.1, -0.05) is 17.4 Å². The average Bonchev–Trinajstić information content (AvgIpc) is 2.26. The third-order valence-electron chi connectivity index (χ3n) is 1.69. The van der Waals surface area contributed by atoms with Crippen LogP contribution in [0.15, 0.2) is 34.6 Å². The first kappa shape index (κ1) is 11.7. The number of carboxylic acids is 1. The molecule has 1 aromatic carbocycles. The molecule has 0 amide bonds. The van der Waals surface area contributed by atoms with E-state index in [0.29, 0.717) is 11.3 Å². The van der Waals surface area contributed by atoms with Crippen LogP contribution in [-0.4, -0.2) is 29.7 Å². The van der Waals surface area contributed by atoms with Crippen LogP contribution in [0, 0.1) is 11.3 Å². The minimum absolute atomic E-state index is 0.238. The Hall–Kier alpha value is -2.42. The first-order chi connectivity index (χ1) is 7.63. The van der Waals surface area contributed by atoms with Crippen LogP contribution in [0.1, 0.15) is 5.56 Å². The Morgan fingerprint density at radius 3 is 2.88 bits per heavy atom. The van der Waals surface area contributed by atoms with E-state index in [9.17, 15) is 4.79 Å². The van der Waals surface area contributed by atoms with Gasteiger partial charge in [-0.3, -0.25) is 9.80 Å². The Morgan fingerprint density at radius 2 is 2.25 bits per heavy atom. The molecule has 1 aromatic rings. The van der Waals surface area contributed by atoms with Gasteiger partial charge in [0, 0.05) is 7.05 Å². The maximum absolute atomic E-state index is 10.3. The highest BCUT2D eigenvalue weighted by Gasteiger charge is 2.02. The quantitative estimate of drug-likeness (QED) is 0.613. The van der Waals surface area contributed by atoms with Crippen LogP contribution in [-0.2, 0) is 4.79 Å². The second-order valence-corrected chi connectivity index (χ2v) is 3.03. The molecule has 0 aliphatic carbocycles. The largest absolute Gasteiger partial charge is 0.480 e. The predicted molar refractivity (Wildman–Crippen MR) is 55.9 cm³/mol. The first-order valence-electron chi connectivity index (χ1n) is 4.47. The molecule has 82 valence electrons. The summed E-state index contributed by atoms with van der Waals surface area (Å²) in [7, 11) is 1.49. The van der Waals surface area contributed by atoms with Crippen LogP contribution in [0.3, 0.4) is 0 Å². The lowest BCUT2D eigenvalue weighted by molar-refractivity contribution is -0.138. The van der Waals surface area contributed by atoms with Crippen LogP contribution in [0.2, 0.25) is 0 Å². The molecule has 1 N–H and O–H groups in total. The van der Waals surface area contributed by atoms with Crippen molar-refractivity contribution < 1.29 is 9.90 Å². The summed E-state index contributed by atoms with van der Waals surface area (Å²) in [5.74, 6) is -0.991. The maximum atomic E-state index is 10.3. The Labute approximate surface area is 92.4 Å². The van der Waals surface area contributed by atoms with Crippen molar-refractivity contribution >= 4 is 11.7 Å². The Bertz CT molecular complexity index is 450. The van der Waals surface area contributed by atoms with Gasteiger partial charge in [0.1, 0.15) is 18.3 Å². The summed E-state index contributed by atoms with van der Waals surface area (Å²) in [6, 6.07) is 8.67. The molecule has 0 saturated heterocycles. The highest BCUT2D eigenvalue weighted by molar-refractivity contribution is 5.68. The van der Waals surface area contributed by atoms with E-state index in [-0.39, 0.29) is 6.54 Å². The van der Waals surface area contributed by atoms with Gasteiger partial charge in [0.2, 0.25) is 0 Å². The van der Waals surface area contributed by atoms with Gasteiger partial charge in [-0.15, -0.1) is 5.11 Å². The number of aliphatic carboxylic acids is 1. The summed E-state index contributed by atoms with van der Waals surface area (Å²) >= 11 is 0. The minimum atomic E-state index is -0.991. The number of carboxylic acid groups (broad SMARTS) is 1. The number of hydrogen-bond donors (Lipinski definition) is 1. The summed E-state index contributed by atoms with van der Waals surface area (Å²) < 4.78 is 0. The van der Waals surface area contributed by atoms with Crippen LogP contribution >= 0.6 is 0 Å². The standard InChI is InChI=1S/C10H10N4O2/c1-14(7-10(15)16)13-12-9-5-3-2-4-8(9)6-11/h2-5H,7H2,1H3,(H,15,16). The number of carbonyl (C=O) groups is 1. The topological polar surface area (TPSA) is 89.1 Å². The maximum Gasteiger partial charge on any atom is 0.324 e. The van der Waals surface area contributed by atoms with Crippen LogP contribution in [0.25, 0.3) is 0 Å². The van der Waals surface area contributed by atoms with Gasteiger partial charge in [-0.05, 0) is 12.1 Å². The summed E-state index contributed by atoms with van der Waals surface area (Å²) in [5.41, 5.74) is 0.817. The predicted octanol–water partition coefficient (Wildman–Crippen LogP) is 1.57. The van der Waals surface area contributed by atoms with E-state index in [4.69, 9.17) is 10.4 Å². The van der Waals surface area contributed by atoms with E-state index in [1.54, 1.807) is 24.3 Å². The van der Waals surface area contributed by atoms with Gasteiger partial charge in [0.05, 0.1) is 5.56 Å². The molecular formula is C10H10N4O2. The fourth-order valence-electron chi connectivity index (χ4n) is 1.01. The molecule has 0 fully saturated rings. The molecule has 0 saturated carbocycles. The number of hydrogen-bond acceptors (Lipinski definition) is 4. The lowest BCUT2D eigenvalue weighted by atomic mass is 10.2. The third-order valence-corrected chi connectivity index (χ3v) is 1.69. The molecule has 0 aliphatic heterocycles. The van der Waals surface area contributed by atoms with E-state index < -0.39 is 5.97 Å². The van der Waals surface area contributed by atoms with Crippen molar-refractivity contribution in [3.63, 3.8) is 0 Å². The van der Waals surface area contributed by atoms with Crippen molar-refractivity contribution in [2.75, 3.05) is 13.6 Å². The van der Waals surface area contributed by atoms with E-state index >= 15 is 0 Å². The van der Waals surface area contributed by atoms with Crippen molar-refractivity contribution in [3.05, 3.63) is 29.8 Å². The highest BCUT2D eigenvalue weighted by atomic mass is 16.4. The molecule has 0 atom stereocenters. The van der Waals surface area contributed by atoms with Gasteiger partial charge in [-0.2, -0.15) is 5.26 Å². The van der Waals surface area contributed by atoms with Gasteiger partial charge in [0.15, 0.2) is 0 Å². The molecular weight excluding hydrogens is 208 g/mol. The molecule has 0 aromatic heterocycles. The average molecular weight is 218 g/mol. The molecule has 6 nitrogen and oxygen atoms in total. The van der Waals surface area contributed by atoms with Crippen LogP contribution < -0.4 is 0 Å². The van der Waals surface area contributed by atoms with Crippen molar-refractivity contribution in [2.45, 2.75) is 0 Å². The smallest absolute Gasteiger partial charge is 0.324 e. The normalized spacial score (nSPS) is 10.0. The number of likely N-dealkylation sites (N-methyl/N-ethyl adjacent to an activating group) is 1. The van der Waals surface area contributed by atoms with Gasteiger partial charge >= 0.3 is 5.97 Å². The van der Waals surface area contributed by atoms with Gasteiger partial charge in [-0.25, -0.2) is 0 Å². The van der Waals surface area contributed by atoms with E-state index in [1.807, 2.05) is 6.07 Å². The Balaban J connectivity index is 2.76. The highest BCUT2D eigenvalue weighted by Crippen LogP contribution is 2.17. The monoisotopic (exact) mass is 218 g/mol. The summed E-state index contributed by atoms with van der Waals surface area (Å²) in [6.45, 7) is -0.238. The lowest BCUT2D eigenvalue weighted by Gasteiger charge is -2.06. The zero-order chi connectivity index (χ0) is 12.0. The molecule has 0 radical (unpaired) electrons. The van der Waals surface area contributed by atoms with Crippen molar-refractivity contribution in [2.24, 2.45) is 10.3 Å². The number of nitriles is 1. The first-order valence-corrected chi connectivity index (χ1v) is 4.47. The number of rotatable bonds is 4. The van der Waals surface area contributed by atoms with Crippen LogP contribution in [0.4, 0.5) is 5.69 Å². The second kappa shape index (κ2) is 5.46. The molecule has 16 heavy (non-hydrogen) atoms. The number of benzene rings is 1. The molecule has 6 heteroatoms. The van der Waals surface area contributed by atoms with Crippen LogP contribution in [0.5, 0.6) is 0 Å². The van der Waals surface area contributed by atoms with Gasteiger partial charge < -0.3 is 5.11 Å². The Morgan fingerprint density at radius 1 is 1.56 bits per heavy atom. The number of nitrogens with zero attached hydrogens (tertiary/aromatic N) is 4. The Kier molecular flexibility index (Phi) is 3.98. The van der Waals surface area contributed by atoms with E-state index in [1.165, 1.54) is 12.1 Å². The summed E-state index contributed by atoms with van der Waals surface area (Å²) in [4.78, 5) is 10.3. The van der Waals surface area contributed by atoms with Crippen molar-refractivity contribution in [1.82, 2.24) is 5.01 Å². The molecule has 1 rings (SSSR count). The fourth-order valence-corrected chi connectivity index (χ4v) is 1.01. The molecule has 0 spiro atoms.